The summed E-state index contributed by atoms with van der Waals surface area (Å²) in [7, 11) is 1.77. The summed E-state index contributed by atoms with van der Waals surface area (Å²) in [6.07, 6.45) is 1.02. The van der Waals surface area contributed by atoms with Crippen LogP contribution in [0.25, 0.3) is 0 Å². The lowest BCUT2D eigenvalue weighted by Crippen LogP contribution is -2.51. The maximum absolute atomic E-state index is 13.5. The second-order valence-corrected chi connectivity index (χ2v) is 5.27. The van der Waals surface area contributed by atoms with E-state index >= 15 is 0 Å². The first-order valence-electron chi connectivity index (χ1n) is 6.26. The highest BCUT2D eigenvalue weighted by Crippen LogP contribution is 2.56. The molecule has 0 bridgehead atoms. The molecule has 1 aliphatic carbocycles. The van der Waals surface area contributed by atoms with Gasteiger partial charge in [-0.25, -0.2) is 8.78 Å². The number of nitrogens with zero attached hydrogens (tertiary/aromatic N) is 4. The van der Waals surface area contributed by atoms with Crippen molar-refractivity contribution in [1.82, 2.24) is 14.8 Å². The zero-order valence-corrected chi connectivity index (χ0v) is 11.1. The fraction of sp³-hybridized carbons (Fsp3) is 0.357. The summed E-state index contributed by atoms with van der Waals surface area (Å²) in [6.45, 7) is 3.48. The van der Waals surface area contributed by atoms with Crippen LogP contribution in [0.4, 0.5) is 14.5 Å². The Kier molecular flexibility index (Phi) is 2.70. The van der Waals surface area contributed by atoms with E-state index < -0.39 is 11.3 Å². The lowest BCUT2D eigenvalue weighted by atomic mass is 9.61. The van der Waals surface area contributed by atoms with Gasteiger partial charge in [-0.2, -0.15) is 0 Å². The smallest absolute Gasteiger partial charge is 0.250 e. The van der Waals surface area contributed by atoms with Crippen LogP contribution in [0.5, 0.6) is 0 Å². The largest absolute Gasteiger partial charge is 0.320 e. The molecule has 0 aliphatic heterocycles. The summed E-state index contributed by atoms with van der Waals surface area (Å²) < 4.78 is 28.8. The highest BCUT2D eigenvalue weighted by Gasteiger charge is 2.60. The van der Waals surface area contributed by atoms with E-state index in [1.54, 1.807) is 29.8 Å². The van der Waals surface area contributed by atoms with Crippen molar-refractivity contribution >= 4 is 12.4 Å². The second-order valence-electron chi connectivity index (χ2n) is 5.27. The van der Waals surface area contributed by atoms with Crippen molar-refractivity contribution < 1.29 is 8.78 Å². The van der Waals surface area contributed by atoms with Gasteiger partial charge >= 0.3 is 0 Å². The van der Waals surface area contributed by atoms with Gasteiger partial charge in [-0.1, -0.05) is 12.1 Å². The molecule has 1 heterocycles. The van der Waals surface area contributed by atoms with Crippen molar-refractivity contribution in [1.29, 1.82) is 0 Å². The van der Waals surface area contributed by atoms with E-state index in [0.29, 0.717) is 11.5 Å². The molecule has 0 saturated heterocycles. The van der Waals surface area contributed by atoms with E-state index in [-0.39, 0.29) is 12.8 Å². The van der Waals surface area contributed by atoms with Crippen molar-refractivity contribution in [3.8, 4) is 0 Å². The molecule has 4 nitrogen and oxygen atoms in total. The predicted molar refractivity (Wildman–Crippen MR) is 71.6 cm³/mol. The molecule has 2 aromatic rings. The second kappa shape index (κ2) is 4.19. The van der Waals surface area contributed by atoms with Crippen molar-refractivity contribution in [2.24, 2.45) is 12.0 Å². The SMILES string of the molecule is C=Nc1cccc(C2(c3nncn3C)CC(F)(F)C2)c1. The molecule has 6 heteroatoms. The predicted octanol–water partition coefficient (Wildman–Crippen LogP) is 2.86. The van der Waals surface area contributed by atoms with Gasteiger partial charge in [0.2, 0.25) is 0 Å². The summed E-state index contributed by atoms with van der Waals surface area (Å²) in [5.74, 6) is -2.10. The average molecular weight is 276 g/mol. The van der Waals surface area contributed by atoms with Crippen molar-refractivity contribution in [3.05, 3.63) is 42.0 Å². The Bertz CT molecular complexity index is 655. The molecule has 3 rings (SSSR count). The number of aliphatic imine (C=N–C) groups is 1. The molecule has 104 valence electrons. The summed E-state index contributed by atoms with van der Waals surface area (Å²) in [4.78, 5) is 3.86. The fourth-order valence-corrected chi connectivity index (χ4v) is 2.94. The average Bonchev–Trinajstić information content (AvgIpc) is 2.82. The van der Waals surface area contributed by atoms with Gasteiger partial charge in [-0.05, 0) is 24.4 Å². The lowest BCUT2D eigenvalue weighted by molar-refractivity contribution is -0.116. The van der Waals surface area contributed by atoms with Crippen LogP contribution in [0.3, 0.4) is 0 Å². The summed E-state index contributed by atoms with van der Waals surface area (Å²) in [5.41, 5.74) is 0.652. The van der Waals surface area contributed by atoms with E-state index in [1.165, 1.54) is 6.33 Å². The number of aryl methyl sites for hydroxylation is 1. The topological polar surface area (TPSA) is 43.1 Å². The van der Waals surface area contributed by atoms with Gasteiger partial charge in [0, 0.05) is 19.9 Å². The minimum Gasteiger partial charge on any atom is -0.320 e. The first-order valence-corrected chi connectivity index (χ1v) is 6.26. The molecule has 0 N–H and O–H groups in total. The Morgan fingerprint density at radius 1 is 1.35 bits per heavy atom. The maximum Gasteiger partial charge on any atom is 0.250 e. The van der Waals surface area contributed by atoms with Crippen LogP contribution >= 0.6 is 0 Å². The minimum absolute atomic E-state index is 0.257. The first kappa shape index (κ1) is 12.9. The maximum atomic E-state index is 13.5. The van der Waals surface area contributed by atoms with E-state index in [4.69, 9.17) is 0 Å². The molecule has 1 aromatic heterocycles. The highest BCUT2D eigenvalue weighted by atomic mass is 19.3. The number of benzene rings is 1. The molecule has 1 aliphatic rings. The molecule has 0 amide bonds. The molecule has 0 unspecified atom stereocenters. The monoisotopic (exact) mass is 276 g/mol. The highest BCUT2D eigenvalue weighted by molar-refractivity contribution is 5.51. The molecule has 0 radical (unpaired) electrons. The van der Waals surface area contributed by atoms with E-state index in [9.17, 15) is 8.78 Å². The van der Waals surface area contributed by atoms with E-state index in [1.807, 2.05) is 6.07 Å². The Morgan fingerprint density at radius 3 is 2.65 bits per heavy atom. The quantitative estimate of drug-likeness (QED) is 0.809. The molecule has 1 aromatic carbocycles. The minimum atomic E-state index is -2.66. The third kappa shape index (κ3) is 1.83. The molecular weight excluding hydrogens is 262 g/mol. The zero-order chi connectivity index (χ0) is 14.4. The van der Waals surface area contributed by atoms with E-state index in [2.05, 4.69) is 21.9 Å². The van der Waals surface area contributed by atoms with Gasteiger partial charge in [0.25, 0.3) is 5.92 Å². The van der Waals surface area contributed by atoms with Crippen LogP contribution in [-0.2, 0) is 12.5 Å². The molecule has 0 spiro atoms. The normalized spacial score (nSPS) is 19.4. The van der Waals surface area contributed by atoms with E-state index in [0.717, 1.165) is 5.56 Å². The van der Waals surface area contributed by atoms with Gasteiger partial charge in [-0.3, -0.25) is 4.99 Å². The molecule has 0 atom stereocenters. The standard InChI is InChI=1S/C14H14F2N4/c1-17-11-5-3-4-10(6-11)13(7-14(15,16)8-13)12-19-18-9-20(12)2/h3-6,9H,1,7-8H2,2H3. The molecular formula is C14H14F2N4. The number of hydrogen-bond acceptors (Lipinski definition) is 3. The number of rotatable bonds is 3. The fourth-order valence-electron chi connectivity index (χ4n) is 2.94. The van der Waals surface area contributed by atoms with Crippen LogP contribution < -0.4 is 0 Å². The van der Waals surface area contributed by atoms with Crippen molar-refractivity contribution in [3.63, 3.8) is 0 Å². The van der Waals surface area contributed by atoms with Crippen LogP contribution in [0, 0.1) is 0 Å². The lowest BCUT2D eigenvalue weighted by Gasteiger charge is -2.46. The van der Waals surface area contributed by atoms with Gasteiger partial charge in [-0.15, -0.1) is 10.2 Å². The van der Waals surface area contributed by atoms with Crippen LogP contribution in [-0.4, -0.2) is 27.4 Å². The van der Waals surface area contributed by atoms with Gasteiger partial charge in [0.15, 0.2) is 0 Å². The van der Waals surface area contributed by atoms with Crippen LogP contribution in [0.1, 0.15) is 24.2 Å². The molecule has 20 heavy (non-hydrogen) atoms. The van der Waals surface area contributed by atoms with Crippen LogP contribution in [0.15, 0.2) is 35.6 Å². The van der Waals surface area contributed by atoms with Gasteiger partial charge < -0.3 is 4.57 Å². The van der Waals surface area contributed by atoms with Crippen LogP contribution in [0.2, 0.25) is 0 Å². The third-order valence-corrected chi connectivity index (χ3v) is 3.84. The summed E-state index contributed by atoms with van der Waals surface area (Å²) >= 11 is 0. The van der Waals surface area contributed by atoms with Gasteiger partial charge in [0.1, 0.15) is 12.2 Å². The molecule has 1 saturated carbocycles. The Morgan fingerprint density at radius 2 is 2.10 bits per heavy atom. The first-order chi connectivity index (χ1) is 9.47. The number of hydrogen-bond donors (Lipinski definition) is 0. The van der Waals surface area contributed by atoms with Gasteiger partial charge in [0.05, 0.1) is 11.1 Å². The van der Waals surface area contributed by atoms with Crippen molar-refractivity contribution in [2.45, 2.75) is 24.2 Å². The van der Waals surface area contributed by atoms with Crippen molar-refractivity contribution in [2.75, 3.05) is 0 Å². The number of alkyl halides is 2. The zero-order valence-electron chi connectivity index (χ0n) is 11.1. The Labute approximate surface area is 115 Å². The molecule has 1 fully saturated rings. The summed E-state index contributed by atoms with van der Waals surface area (Å²) in [5, 5.41) is 7.86. The third-order valence-electron chi connectivity index (χ3n) is 3.84. The number of halogens is 2. The Balaban J connectivity index is 2.12. The Hall–Kier alpha value is -2.11. The summed E-state index contributed by atoms with van der Waals surface area (Å²) in [6, 6.07) is 7.21. The number of aromatic nitrogens is 3.